The topological polar surface area (TPSA) is 106 Å². The highest BCUT2D eigenvalue weighted by atomic mass is 19.1. The highest BCUT2D eigenvalue weighted by Gasteiger charge is 2.67. The number of hydrogen-bond acceptors (Lipinski definition) is 6. The van der Waals surface area contributed by atoms with Crippen LogP contribution in [0.25, 0.3) is 11.3 Å². The second-order valence-electron chi connectivity index (χ2n) is 8.51. The number of nitrogens with zero attached hydrogens (tertiary/aromatic N) is 3. The molecule has 156 valence electrons. The normalized spacial score (nSPS) is 32.6. The zero-order valence-corrected chi connectivity index (χ0v) is 16.1. The molecule has 2 aromatic rings. The summed E-state index contributed by atoms with van der Waals surface area (Å²) >= 11 is 0. The van der Waals surface area contributed by atoms with Crippen LogP contribution in [-0.2, 0) is 9.59 Å². The second-order valence-corrected chi connectivity index (χ2v) is 8.51. The number of amides is 2. The first-order valence-electron chi connectivity index (χ1n) is 10.1. The highest BCUT2D eigenvalue weighted by molar-refractivity contribution is 6.06. The van der Waals surface area contributed by atoms with Gasteiger partial charge in [0.25, 0.3) is 17.5 Å². The standard InChI is InChI=1S/C22H16FN3O5/c23-10-1-3-14(17(7-10)26(29)30)18-6-2-11(31-18)9-24-25-21(27)19-12-4-5-13(16-8-15(12)16)20(19)22(25)28/h1-7,9,12-13,15-16,19-20H,8H2. The molecular weight excluding hydrogens is 405 g/mol. The molecule has 8 nitrogen and oxygen atoms in total. The molecule has 2 saturated carbocycles. The van der Waals surface area contributed by atoms with Crippen LogP contribution in [0.5, 0.6) is 0 Å². The van der Waals surface area contributed by atoms with E-state index in [1.807, 2.05) is 0 Å². The van der Waals surface area contributed by atoms with E-state index in [-0.39, 0.29) is 52.6 Å². The summed E-state index contributed by atoms with van der Waals surface area (Å²) in [5, 5.41) is 16.2. The van der Waals surface area contributed by atoms with E-state index in [1.54, 1.807) is 0 Å². The van der Waals surface area contributed by atoms with Gasteiger partial charge in [0.15, 0.2) is 0 Å². The van der Waals surface area contributed by atoms with Gasteiger partial charge in [-0.25, -0.2) is 4.39 Å². The lowest BCUT2D eigenvalue weighted by atomic mass is 9.63. The number of benzene rings is 1. The zero-order valence-electron chi connectivity index (χ0n) is 16.1. The Kier molecular flexibility index (Phi) is 3.63. The maximum absolute atomic E-state index is 13.4. The molecule has 2 amide bonds. The van der Waals surface area contributed by atoms with Crippen LogP contribution < -0.4 is 0 Å². The molecule has 1 saturated heterocycles. The molecule has 2 heterocycles. The van der Waals surface area contributed by atoms with Crippen molar-refractivity contribution < 1.29 is 23.3 Å². The van der Waals surface area contributed by atoms with Crippen molar-refractivity contribution in [1.82, 2.24) is 5.01 Å². The first-order chi connectivity index (χ1) is 14.9. The average molecular weight is 421 g/mol. The van der Waals surface area contributed by atoms with E-state index in [1.165, 1.54) is 24.4 Å². The van der Waals surface area contributed by atoms with Crippen LogP contribution >= 0.6 is 0 Å². The molecule has 4 aliphatic carbocycles. The third-order valence-electron chi connectivity index (χ3n) is 6.99. The number of hydrazone groups is 1. The SMILES string of the molecule is O=C1C2C3C=CC(C4CC34)C2C(=O)N1N=Cc1ccc(-c2ccc(F)cc2[N+](=O)[O-])o1. The Balaban J connectivity index is 1.26. The Morgan fingerprint density at radius 1 is 1.10 bits per heavy atom. The summed E-state index contributed by atoms with van der Waals surface area (Å²) in [5.41, 5.74) is -0.305. The van der Waals surface area contributed by atoms with Gasteiger partial charge in [-0.15, -0.1) is 0 Å². The van der Waals surface area contributed by atoms with E-state index in [9.17, 15) is 24.1 Å². The molecule has 1 aliphatic heterocycles. The van der Waals surface area contributed by atoms with Crippen LogP contribution in [0.2, 0.25) is 0 Å². The van der Waals surface area contributed by atoms with Crippen LogP contribution in [0.1, 0.15) is 12.2 Å². The fraction of sp³-hybridized carbons (Fsp3) is 0.318. The number of nitro benzene ring substituents is 1. The van der Waals surface area contributed by atoms with E-state index in [4.69, 9.17) is 4.42 Å². The number of carbonyl (C=O) groups excluding carboxylic acids is 2. The van der Waals surface area contributed by atoms with Gasteiger partial charge < -0.3 is 4.42 Å². The lowest BCUT2D eigenvalue weighted by molar-refractivity contribution is -0.384. The first-order valence-corrected chi connectivity index (χ1v) is 10.1. The Morgan fingerprint density at radius 2 is 1.77 bits per heavy atom. The van der Waals surface area contributed by atoms with Crippen LogP contribution in [0, 0.1) is 51.4 Å². The van der Waals surface area contributed by atoms with Gasteiger partial charge in [-0.1, -0.05) is 12.2 Å². The smallest absolute Gasteiger partial charge is 0.283 e. The van der Waals surface area contributed by atoms with Crippen LogP contribution in [0.3, 0.4) is 0 Å². The maximum atomic E-state index is 13.4. The van der Waals surface area contributed by atoms with E-state index >= 15 is 0 Å². The molecule has 1 aromatic carbocycles. The van der Waals surface area contributed by atoms with Gasteiger partial charge in [-0.05, 0) is 54.4 Å². The van der Waals surface area contributed by atoms with Crippen molar-refractivity contribution in [3.05, 3.63) is 64.2 Å². The zero-order chi connectivity index (χ0) is 21.4. The monoisotopic (exact) mass is 421 g/mol. The minimum Gasteiger partial charge on any atom is -0.455 e. The predicted octanol–water partition coefficient (Wildman–Crippen LogP) is 3.38. The van der Waals surface area contributed by atoms with Crippen molar-refractivity contribution in [2.75, 3.05) is 0 Å². The minimum absolute atomic E-state index is 0.117. The van der Waals surface area contributed by atoms with Crippen LogP contribution in [0.15, 0.2) is 52.0 Å². The number of hydrogen-bond donors (Lipinski definition) is 0. The Labute approximate surface area is 175 Å². The highest BCUT2D eigenvalue weighted by Crippen LogP contribution is 2.65. The molecule has 0 N–H and O–H groups in total. The number of rotatable bonds is 4. The van der Waals surface area contributed by atoms with Crippen molar-refractivity contribution in [3.8, 4) is 11.3 Å². The van der Waals surface area contributed by atoms with E-state index in [2.05, 4.69) is 17.3 Å². The van der Waals surface area contributed by atoms with Crippen molar-refractivity contribution in [2.45, 2.75) is 6.42 Å². The number of carbonyl (C=O) groups is 2. The molecule has 1 aromatic heterocycles. The molecule has 7 rings (SSSR count). The van der Waals surface area contributed by atoms with Gasteiger partial charge in [-0.3, -0.25) is 19.7 Å². The van der Waals surface area contributed by atoms with Crippen LogP contribution in [-0.4, -0.2) is 28.0 Å². The summed E-state index contributed by atoms with van der Waals surface area (Å²) in [7, 11) is 0. The largest absolute Gasteiger partial charge is 0.455 e. The lowest BCUT2D eigenvalue weighted by Gasteiger charge is -2.37. The molecular formula is C22H16FN3O5. The Hall–Kier alpha value is -3.62. The molecule has 0 radical (unpaired) electrons. The predicted molar refractivity (Wildman–Crippen MR) is 105 cm³/mol. The molecule has 5 aliphatic rings. The van der Waals surface area contributed by atoms with Gasteiger partial charge >= 0.3 is 0 Å². The van der Waals surface area contributed by atoms with Crippen molar-refractivity contribution in [1.29, 1.82) is 0 Å². The first kappa shape index (κ1) is 18.2. The minimum atomic E-state index is -0.725. The summed E-state index contributed by atoms with van der Waals surface area (Å²) < 4.78 is 19.0. The second kappa shape index (κ2) is 6.19. The maximum Gasteiger partial charge on any atom is 0.283 e. The van der Waals surface area contributed by atoms with Crippen molar-refractivity contribution in [3.63, 3.8) is 0 Å². The molecule has 0 spiro atoms. The molecule has 6 unspecified atom stereocenters. The van der Waals surface area contributed by atoms with E-state index in [0.717, 1.165) is 23.6 Å². The lowest BCUT2D eigenvalue weighted by Crippen LogP contribution is -2.40. The number of furan rings is 1. The van der Waals surface area contributed by atoms with Gasteiger partial charge in [0, 0.05) is 0 Å². The molecule has 6 atom stereocenters. The number of halogens is 1. The molecule has 31 heavy (non-hydrogen) atoms. The van der Waals surface area contributed by atoms with Gasteiger partial charge in [0.2, 0.25) is 0 Å². The van der Waals surface area contributed by atoms with Gasteiger partial charge in [-0.2, -0.15) is 10.1 Å². The van der Waals surface area contributed by atoms with E-state index < -0.39 is 16.4 Å². The van der Waals surface area contributed by atoms with Gasteiger partial charge in [0.1, 0.15) is 17.3 Å². The van der Waals surface area contributed by atoms with Gasteiger partial charge in [0.05, 0.1) is 34.6 Å². The summed E-state index contributed by atoms with van der Waals surface area (Å²) in [6, 6.07) is 6.20. The quantitative estimate of drug-likeness (QED) is 0.247. The summed E-state index contributed by atoms with van der Waals surface area (Å²) in [6.45, 7) is 0. The summed E-state index contributed by atoms with van der Waals surface area (Å²) in [6.07, 6.45) is 6.52. The van der Waals surface area contributed by atoms with Crippen molar-refractivity contribution in [2.24, 2.45) is 40.6 Å². The number of nitro groups is 1. The fourth-order valence-electron chi connectivity index (χ4n) is 5.60. The fourth-order valence-corrected chi connectivity index (χ4v) is 5.60. The summed E-state index contributed by atoms with van der Waals surface area (Å²) in [5.74, 6) is -0.332. The third kappa shape index (κ3) is 2.55. The average Bonchev–Trinajstić information content (AvgIpc) is 3.39. The van der Waals surface area contributed by atoms with E-state index in [0.29, 0.717) is 11.8 Å². The molecule has 9 heteroatoms. The van der Waals surface area contributed by atoms with Crippen LogP contribution in [0.4, 0.5) is 10.1 Å². The third-order valence-corrected chi connectivity index (χ3v) is 6.99. The summed E-state index contributed by atoms with van der Waals surface area (Å²) in [4.78, 5) is 36.4. The number of imide groups is 1. The Morgan fingerprint density at radius 3 is 2.42 bits per heavy atom. The molecule has 3 fully saturated rings. The number of allylic oxidation sites excluding steroid dienone is 2. The Bertz CT molecular complexity index is 1180. The van der Waals surface area contributed by atoms with Crippen molar-refractivity contribution >= 4 is 23.7 Å². The molecule has 2 bridgehead atoms.